The first-order valence-corrected chi connectivity index (χ1v) is 6.26. The van der Waals surface area contributed by atoms with Gasteiger partial charge in [0.2, 0.25) is 0 Å². The minimum atomic E-state index is 0.591. The smallest absolute Gasteiger partial charge is 0.0589 e. The molecular weight excluding hydrogens is 200 g/mol. The molecule has 0 bridgehead atoms. The minimum Gasteiger partial charge on any atom is -0.383 e. The van der Waals surface area contributed by atoms with Gasteiger partial charge in [-0.15, -0.1) is 0 Å². The molecule has 0 saturated carbocycles. The van der Waals surface area contributed by atoms with Crippen LogP contribution < -0.4 is 5.32 Å². The number of ether oxygens (including phenoxy) is 1. The zero-order valence-electron chi connectivity index (χ0n) is 11.4. The molecule has 1 N–H and O–H groups in total. The molecule has 3 nitrogen and oxygen atoms in total. The molecule has 0 fully saturated rings. The number of methoxy groups -OCH3 is 1. The van der Waals surface area contributed by atoms with Crippen LogP contribution in [0.5, 0.6) is 0 Å². The first kappa shape index (κ1) is 15.6. The molecule has 0 saturated heterocycles. The van der Waals surface area contributed by atoms with Crippen molar-refractivity contribution in [3.05, 3.63) is 12.2 Å². The van der Waals surface area contributed by atoms with Crippen molar-refractivity contribution in [1.82, 2.24) is 10.2 Å². The zero-order valence-corrected chi connectivity index (χ0v) is 11.4. The van der Waals surface area contributed by atoms with Crippen molar-refractivity contribution in [2.45, 2.75) is 33.2 Å². The highest BCUT2D eigenvalue weighted by Crippen LogP contribution is 2.06. The molecule has 3 heteroatoms. The lowest BCUT2D eigenvalue weighted by atomic mass is 10.2. The molecule has 0 spiro atoms. The number of nitrogens with one attached hydrogen (secondary N) is 1. The molecule has 0 aromatic carbocycles. The Morgan fingerprint density at radius 3 is 2.62 bits per heavy atom. The lowest BCUT2D eigenvalue weighted by Gasteiger charge is -2.29. The Kier molecular flexibility index (Phi) is 9.59. The van der Waals surface area contributed by atoms with E-state index in [4.69, 9.17) is 4.74 Å². The van der Waals surface area contributed by atoms with Gasteiger partial charge in [-0.1, -0.05) is 20.4 Å². The highest BCUT2D eigenvalue weighted by Gasteiger charge is 2.12. The molecule has 96 valence electrons. The van der Waals surface area contributed by atoms with Crippen LogP contribution in [0.1, 0.15) is 27.2 Å². The molecule has 1 unspecified atom stereocenters. The van der Waals surface area contributed by atoms with Gasteiger partial charge in [-0.2, -0.15) is 0 Å². The predicted molar refractivity (Wildman–Crippen MR) is 70.9 cm³/mol. The summed E-state index contributed by atoms with van der Waals surface area (Å²) in [4.78, 5) is 2.43. The fourth-order valence-corrected chi connectivity index (χ4v) is 1.57. The molecule has 0 amide bonds. The van der Waals surface area contributed by atoms with Crippen LogP contribution in [-0.4, -0.2) is 50.8 Å². The van der Waals surface area contributed by atoms with Crippen LogP contribution in [0.25, 0.3) is 0 Å². The molecule has 0 aliphatic heterocycles. The third-order valence-corrected chi connectivity index (χ3v) is 2.85. The molecule has 0 rings (SSSR count). The quantitative estimate of drug-likeness (QED) is 0.578. The zero-order chi connectivity index (χ0) is 12.4. The van der Waals surface area contributed by atoms with E-state index in [0.717, 1.165) is 39.2 Å². The van der Waals surface area contributed by atoms with Gasteiger partial charge in [0, 0.05) is 32.8 Å². The van der Waals surface area contributed by atoms with Crippen LogP contribution in [0.3, 0.4) is 0 Å². The van der Waals surface area contributed by atoms with Gasteiger partial charge in [0.05, 0.1) is 6.61 Å². The highest BCUT2D eigenvalue weighted by atomic mass is 16.5. The molecule has 0 aliphatic carbocycles. The van der Waals surface area contributed by atoms with E-state index in [1.54, 1.807) is 7.11 Å². The van der Waals surface area contributed by atoms with Crippen molar-refractivity contribution in [2.24, 2.45) is 0 Å². The van der Waals surface area contributed by atoms with Gasteiger partial charge in [0.15, 0.2) is 0 Å². The van der Waals surface area contributed by atoms with E-state index in [1.165, 1.54) is 5.57 Å². The van der Waals surface area contributed by atoms with Crippen molar-refractivity contribution in [3.63, 3.8) is 0 Å². The third kappa shape index (κ3) is 6.99. The Morgan fingerprint density at radius 1 is 1.44 bits per heavy atom. The molecule has 0 aliphatic rings. The standard InChI is InChI=1S/C13H28N2O/c1-6-13(4)15(8-9-16-5)11-12(3)10-14-7-2/h13-14H,3,6-11H2,1-2,4-5H3. The van der Waals surface area contributed by atoms with Crippen LogP contribution in [-0.2, 0) is 4.74 Å². The van der Waals surface area contributed by atoms with Crippen LogP contribution >= 0.6 is 0 Å². The van der Waals surface area contributed by atoms with Crippen molar-refractivity contribution in [2.75, 3.05) is 39.9 Å². The largest absolute Gasteiger partial charge is 0.383 e. The van der Waals surface area contributed by atoms with Crippen LogP contribution in [0.15, 0.2) is 12.2 Å². The van der Waals surface area contributed by atoms with Crippen molar-refractivity contribution >= 4 is 0 Å². The van der Waals surface area contributed by atoms with Gasteiger partial charge >= 0.3 is 0 Å². The minimum absolute atomic E-state index is 0.591. The first-order chi connectivity index (χ1) is 7.65. The average molecular weight is 228 g/mol. The van der Waals surface area contributed by atoms with Crippen molar-refractivity contribution < 1.29 is 4.74 Å². The Balaban J connectivity index is 4.03. The second-order valence-electron chi connectivity index (χ2n) is 4.25. The summed E-state index contributed by atoms with van der Waals surface area (Å²) in [5.41, 5.74) is 1.25. The molecular formula is C13H28N2O. The summed E-state index contributed by atoms with van der Waals surface area (Å²) in [6, 6.07) is 0.591. The predicted octanol–water partition coefficient (Wildman–Crippen LogP) is 1.90. The van der Waals surface area contributed by atoms with E-state index in [2.05, 4.69) is 37.6 Å². The SMILES string of the molecule is C=C(CNCC)CN(CCOC)C(C)CC. The van der Waals surface area contributed by atoms with Gasteiger partial charge in [-0.3, -0.25) is 4.90 Å². The summed E-state index contributed by atoms with van der Waals surface area (Å²) in [5.74, 6) is 0. The molecule has 0 heterocycles. The van der Waals surface area contributed by atoms with E-state index >= 15 is 0 Å². The topological polar surface area (TPSA) is 24.5 Å². The lowest BCUT2D eigenvalue weighted by molar-refractivity contribution is 0.129. The number of rotatable bonds is 10. The lowest BCUT2D eigenvalue weighted by Crippen LogP contribution is -2.38. The van der Waals surface area contributed by atoms with Crippen molar-refractivity contribution in [1.29, 1.82) is 0 Å². The second kappa shape index (κ2) is 9.82. The molecule has 0 aromatic rings. The third-order valence-electron chi connectivity index (χ3n) is 2.85. The Bertz CT molecular complexity index is 183. The van der Waals surface area contributed by atoms with Crippen LogP contribution in [0, 0.1) is 0 Å². The summed E-state index contributed by atoms with van der Waals surface area (Å²) >= 11 is 0. The maximum atomic E-state index is 5.14. The molecule has 1 atom stereocenters. The van der Waals surface area contributed by atoms with Gasteiger partial charge in [-0.05, 0) is 25.5 Å². The Hall–Kier alpha value is -0.380. The van der Waals surface area contributed by atoms with Gasteiger partial charge in [0.1, 0.15) is 0 Å². The number of likely N-dealkylation sites (N-methyl/N-ethyl adjacent to an activating group) is 1. The average Bonchev–Trinajstić information content (AvgIpc) is 2.30. The summed E-state index contributed by atoms with van der Waals surface area (Å²) in [5, 5.41) is 3.31. The molecule has 16 heavy (non-hydrogen) atoms. The fourth-order valence-electron chi connectivity index (χ4n) is 1.57. The van der Waals surface area contributed by atoms with E-state index in [9.17, 15) is 0 Å². The second-order valence-corrected chi connectivity index (χ2v) is 4.25. The Morgan fingerprint density at radius 2 is 2.12 bits per heavy atom. The highest BCUT2D eigenvalue weighted by molar-refractivity contribution is 5.00. The number of hydrogen-bond acceptors (Lipinski definition) is 3. The van der Waals surface area contributed by atoms with Crippen LogP contribution in [0.4, 0.5) is 0 Å². The van der Waals surface area contributed by atoms with Crippen LogP contribution in [0.2, 0.25) is 0 Å². The summed E-state index contributed by atoms with van der Waals surface area (Å²) in [7, 11) is 1.75. The monoisotopic (exact) mass is 228 g/mol. The number of nitrogens with zero attached hydrogens (tertiary/aromatic N) is 1. The van der Waals surface area contributed by atoms with E-state index in [-0.39, 0.29) is 0 Å². The summed E-state index contributed by atoms with van der Waals surface area (Å²) < 4.78 is 5.14. The maximum Gasteiger partial charge on any atom is 0.0589 e. The Labute approximate surface area is 101 Å². The van der Waals surface area contributed by atoms with Crippen molar-refractivity contribution in [3.8, 4) is 0 Å². The van der Waals surface area contributed by atoms with Gasteiger partial charge < -0.3 is 10.1 Å². The van der Waals surface area contributed by atoms with E-state index in [0.29, 0.717) is 6.04 Å². The number of hydrogen-bond donors (Lipinski definition) is 1. The fraction of sp³-hybridized carbons (Fsp3) is 0.846. The van der Waals surface area contributed by atoms with Gasteiger partial charge in [0.25, 0.3) is 0 Å². The first-order valence-electron chi connectivity index (χ1n) is 6.26. The van der Waals surface area contributed by atoms with E-state index < -0.39 is 0 Å². The van der Waals surface area contributed by atoms with Gasteiger partial charge in [-0.25, -0.2) is 0 Å². The van der Waals surface area contributed by atoms with E-state index in [1.807, 2.05) is 0 Å². The molecule has 0 aromatic heterocycles. The normalized spacial score (nSPS) is 13.1. The maximum absolute atomic E-state index is 5.14. The summed E-state index contributed by atoms with van der Waals surface area (Å²) in [6.07, 6.45) is 1.16. The summed E-state index contributed by atoms with van der Waals surface area (Å²) in [6.45, 7) is 15.4. The molecule has 0 radical (unpaired) electrons.